The fourth-order valence-corrected chi connectivity index (χ4v) is 3.78. The topological polar surface area (TPSA) is 114 Å². The summed E-state index contributed by atoms with van der Waals surface area (Å²) in [6.07, 6.45) is 3.89. The molecule has 2 aromatic rings. The number of hydrogen-bond acceptors (Lipinski definition) is 6. The quantitative estimate of drug-likeness (QED) is 0.781. The summed E-state index contributed by atoms with van der Waals surface area (Å²) in [5, 5.41) is 12.8. The molecule has 2 rings (SSSR count). The third-order valence-electron chi connectivity index (χ3n) is 2.45. The third kappa shape index (κ3) is 3.21. The molecular formula is C10H12N4O4S2. The summed E-state index contributed by atoms with van der Waals surface area (Å²) in [5.74, 6) is -1.36. The number of thiazole rings is 1. The first-order chi connectivity index (χ1) is 9.40. The Morgan fingerprint density at radius 1 is 1.55 bits per heavy atom. The Morgan fingerprint density at radius 2 is 2.30 bits per heavy atom. The van der Waals surface area contributed by atoms with E-state index < -0.39 is 21.7 Å². The van der Waals surface area contributed by atoms with Gasteiger partial charge in [-0.2, -0.15) is 5.10 Å². The lowest BCUT2D eigenvalue weighted by Gasteiger charge is -2.04. The van der Waals surface area contributed by atoms with Crippen molar-refractivity contribution in [1.29, 1.82) is 0 Å². The lowest BCUT2D eigenvalue weighted by Crippen LogP contribution is -2.26. The van der Waals surface area contributed by atoms with Crippen molar-refractivity contribution in [3.8, 4) is 0 Å². The lowest BCUT2D eigenvalue weighted by atomic mass is 10.3. The maximum atomic E-state index is 12.0. The normalized spacial score (nSPS) is 11.7. The number of carbonyl (C=O) groups is 1. The minimum absolute atomic E-state index is 0.158. The van der Waals surface area contributed by atoms with Crippen LogP contribution in [0.3, 0.4) is 0 Å². The highest BCUT2D eigenvalue weighted by molar-refractivity contribution is 7.91. The Hall–Kier alpha value is -1.78. The molecule has 0 saturated heterocycles. The monoisotopic (exact) mass is 316 g/mol. The van der Waals surface area contributed by atoms with Gasteiger partial charge in [-0.15, -0.1) is 11.3 Å². The second-order valence-electron chi connectivity index (χ2n) is 3.96. The Morgan fingerprint density at radius 3 is 2.90 bits per heavy atom. The fraction of sp³-hybridized carbons (Fsp3) is 0.300. The number of carboxylic acid groups (broad SMARTS) is 1. The van der Waals surface area contributed by atoms with E-state index in [4.69, 9.17) is 5.11 Å². The molecule has 0 saturated carbocycles. The van der Waals surface area contributed by atoms with Crippen LogP contribution in [0.1, 0.15) is 16.1 Å². The van der Waals surface area contributed by atoms with Gasteiger partial charge >= 0.3 is 5.97 Å². The van der Waals surface area contributed by atoms with Crippen LogP contribution in [0.2, 0.25) is 0 Å². The van der Waals surface area contributed by atoms with Crippen LogP contribution in [-0.4, -0.2) is 40.8 Å². The van der Waals surface area contributed by atoms with Gasteiger partial charge in [0, 0.05) is 19.8 Å². The highest BCUT2D eigenvalue weighted by Gasteiger charge is 2.25. The van der Waals surface area contributed by atoms with E-state index in [1.165, 1.54) is 5.51 Å². The maximum absolute atomic E-state index is 12.0. The smallest absolute Gasteiger partial charge is 0.356 e. The number of aromatic nitrogens is 3. The second-order valence-corrected chi connectivity index (χ2v) is 6.78. The minimum Gasteiger partial charge on any atom is -0.476 e. The molecule has 2 heterocycles. The Labute approximate surface area is 119 Å². The van der Waals surface area contributed by atoms with Gasteiger partial charge in [0.25, 0.3) is 10.0 Å². The van der Waals surface area contributed by atoms with E-state index >= 15 is 0 Å². The van der Waals surface area contributed by atoms with E-state index in [2.05, 4.69) is 14.8 Å². The minimum atomic E-state index is -3.86. The lowest BCUT2D eigenvalue weighted by molar-refractivity contribution is 0.0687. The van der Waals surface area contributed by atoms with Crippen LogP contribution >= 0.6 is 11.3 Å². The van der Waals surface area contributed by atoms with Crippen LogP contribution in [0.25, 0.3) is 0 Å². The van der Waals surface area contributed by atoms with Gasteiger partial charge in [0.2, 0.25) is 0 Å². The largest absolute Gasteiger partial charge is 0.476 e. The van der Waals surface area contributed by atoms with E-state index in [-0.39, 0.29) is 10.8 Å². The number of rotatable bonds is 6. The van der Waals surface area contributed by atoms with Crippen molar-refractivity contribution in [3.05, 3.63) is 29.2 Å². The van der Waals surface area contributed by atoms with Crippen LogP contribution in [0.5, 0.6) is 0 Å². The number of hydrogen-bond donors (Lipinski definition) is 2. The van der Waals surface area contributed by atoms with Gasteiger partial charge in [-0.1, -0.05) is 0 Å². The van der Waals surface area contributed by atoms with Gasteiger partial charge in [0.15, 0.2) is 9.90 Å². The molecule has 0 aliphatic rings. The van der Waals surface area contributed by atoms with Crippen molar-refractivity contribution in [2.24, 2.45) is 7.05 Å². The second kappa shape index (κ2) is 5.69. The van der Waals surface area contributed by atoms with E-state index in [0.29, 0.717) is 6.42 Å². The average Bonchev–Trinajstić information content (AvgIpc) is 2.97. The molecule has 0 aliphatic heterocycles. The first-order valence-corrected chi connectivity index (χ1v) is 7.90. The predicted octanol–water partition coefficient (Wildman–Crippen LogP) is 0.0958. The molecular weight excluding hydrogens is 304 g/mol. The van der Waals surface area contributed by atoms with Gasteiger partial charge in [-0.3, -0.25) is 4.68 Å². The van der Waals surface area contributed by atoms with Crippen molar-refractivity contribution in [2.75, 3.05) is 6.54 Å². The van der Waals surface area contributed by atoms with Gasteiger partial charge in [0.05, 0.1) is 11.7 Å². The van der Waals surface area contributed by atoms with E-state index in [1.807, 2.05) is 0 Å². The molecule has 8 nitrogen and oxygen atoms in total. The third-order valence-corrected chi connectivity index (χ3v) is 5.28. The van der Waals surface area contributed by atoms with Crippen LogP contribution in [0.15, 0.2) is 22.1 Å². The number of aromatic carboxylic acids is 1. The van der Waals surface area contributed by atoms with Gasteiger partial charge in [-0.25, -0.2) is 22.9 Å². The van der Waals surface area contributed by atoms with Crippen molar-refractivity contribution in [1.82, 2.24) is 19.5 Å². The number of nitrogens with one attached hydrogen (secondary N) is 1. The zero-order valence-electron chi connectivity index (χ0n) is 10.5. The molecule has 0 bridgehead atoms. The number of nitrogens with zero attached hydrogens (tertiary/aromatic N) is 3. The zero-order chi connectivity index (χ0) is 14.8. The van der Waals surface area contributed by atoms with E-state index in [0.717, 1.165) is 16.9 Å². The SMILES string of the molecule is Cn1cc(CCNS(=O)(=O)c2scnc2C(=O)O)cn1. The standard InChI is InChI=1S/C10H12N4O4S2/c1-14-5-7(4-12-14)2-3-13-20(17,18)10-8(9(15)16)11-6-19-10/h4-6,13H,2-3H2,1H3,(H,15,16). The number of aryl methyl sites for hydroxylation is 1. The molecule has 0 spiro atoms. The molecule has 0 atom stereocenters. The van der Waals surface area contributed by atoms with E-state index in [1.54, 1.807) is 24.1 Å². The van der Waals surface area contributed by atoms with Crippen molar-refractivity contribution in [2.45, 2.75) is 10.6 Å². The molecule has 2 aromatic heterocycles. The first-order valence-electron chi connectivity index (χ1n) is 5.54. The summed E-state index contributed by atoms with van der Waals surface area (Å²) in [5.41, 5.74) is 1.63. The molecule has 0 amide bonds. The fourth-order valence-electron chi connectivity index (χ4n) is 1.56. The Kier molecular flexibility index (Phi) is 4.16. The summed E-state index contributed by atoms with van der Waals surface area (Å²) in [4.78, 5) is 14.4. The van der Waals surface area contributed by atoms with Crippen LogP contribution in [-0.2, 0) is 23.5 Å². The zero-order valence-corrected chi connectivity index (χ0v) is 12.1. The van der Waals surface area contributed by atoms with Crippen LogP contribution < -0.4 is 4.72 Å². The maximum Gasteiger partial charge on any atom is 0.356 e. The molecule has 0 aromatic carbocycles. The summed E-state index contributed by atoms with van der Waals surface area (Å²) >= 11 is 0.776. The summed E-state index contributed by atoms with van der Waals surface area (Å²) in [7, 11) is -2.09. The molecule has 0 fully saturated rings. The highest BCUT2D eigenvalue weighted by atomic mass is 32.2. The molecule has 20 heavy (non-hydrogen) atoms. The van der Waals surface area contributed by atoms with Crippen LogP contribution in [0.4, 0.5) is 0 Å². The number of carboxylic acids is 1. The molecule has 0 radical (unpaired) electrons. The van der Waals surface area contributed by atoms with Gasteiger partial charge in [-0.05, 0) is 12.0 Å². The molecule has 0 aliphatic carbocycles. The van der Waals surface area contributed by atoms with Crippen LogP contribution in [0, 0.1) is 0 Å². The molecule has 0 unspecified atom stereocenters. The molecule has 108 valence electrons. The molecule has 10 heteroatoms. The van der Waals surface area contributed by atoms with Crippen molar-refractivity contribution >= 4 is 27.3 Å². The van der Waals surface area contributed by atoms with Crippen molar-refractivity contribution < 1.29 is 18.3 Å². The predicted molar refractivity (Wildman–Crippen MR) is 71.2 cm³/mol. The summed E-state index contributed by atoms with van der Waals surface area (Å²) in [6, 6.07) is 0. The molecule has 2 N–H and O–H groups in total. The Balaban J connectivity index is 2.04. The van der Waals surface area contributed by atoms with Gasteiger partial charge in [0.1, 0.15) is 0 Å². The average molecular weight is 316 g/mol. The Bertz CT molecular complexity index is 719. The summed E-state index contributed by atoms with van der Waals surface area (Å²) < 4.78 is 27.7. The van der Waals surface area contributed by atoms with Crippen molar-refractivity contribution in [3.63, 3.8) is 0 Å². The summed E-state index contributed by atoms with van der Waals surface area (Å²) in [6.45, 7) is 0.158. The number of sulfonamides is 1. The van der Waals surface area contributed by atoms with Gasteiger partial charge < -0.3 is 5.11 Å². The van der Waals surface area contributed by atoms with E-state index in [9.17, 15) is 13.2 Å². The first kappa shape index (κ1) is 14.6. The highest BCUT2D eigenvalue weighted by Crippen LogP contribution is 2.19.